The maximum Gasteiger partial charge on any atom is 0.0575 e. The van der Waals surface area contributed by atoms with Crippen LogP contribution in [-0.2, 0) is 6.54 Å². The molecule has 1 aromatic rings. The van der Waals surface area contributed by atoms with Gasteiger partial charge in [-0.25, -0.2) is 0 Å². The van der Waals surface area contributed by atoms with Crippen molar-refractivity contribution in [3.63, 3.8) is 0 Å². The molecule has 0 radical (unpaired) electrons. The zero-order chi connectivity index (χ0) is 14.1. The molecule has 106 valence electrons. The van der Waals surface area contributed by atoms with Gasteiger partial charge in [0.15, 0.2) is 0 Å². The van der Waals surface area contributed by atoms with Crippen molar-refractivity contribution in [2.24, 2.45) is 0 Å². The molecule has 1 heterocycles. The highest BCUT2D eigenvalue weighted by molar-refractivity contribution is 5.16. The molecule has 2 heteroatoms. The Morgan fingerprint density at radius 3 is 2.37 bits per heavy atom. The fraction of sp³-hybridized carbons (Fsp3) is 0.647. The van der Waals surface area contributed by atoms with Gasteiger partial charge in [0, 0.05) is 17.6 Å². The maximum absolute atomic E-state index is 10.2. The van der Waals surface area contributed by atoms with Crippen LogP contribution in [0.3, 0.4) is 0 Å². The lowest BCUT2D eigenvalue weighted by atomic mass is 9.75. The lowest BCUT2D eigenvalue weighted by Crippen LogP contribution is -2.62. The van der Waals surface area contributed by atoms with Gasteiger partial charge in [-0.15, -0.1) is 0 Å². The number of nitrogens with zero attached hydrogens (tertiary/aromatic N) is 1. The van der Waals surface area contributed by atoms with Crippen LogP contribution < -0.4 is 0 Å². The average Bonchev–Trinajstić information content (AvgIpc) is 2.34. The van der Waals surface area contributed by atoms with E-state index in [0.29, 0.717) is 0 Å². The molecule has 0 bridgehead atoms. The van der Waals surface area contributed by atoms with E-state index in [2.05, 4.69) is 62.9 Å². The molecule has 19 heavy (non-hydrogen) atoms. The van der Waals surface area contributed by atoms with E-state index in [1.54, 1.807) is 0 Å². The van der Waals surface area contributed by atoms with E-state index in [4.69, 9.17) is 0 Å². The molecule has 1 aliphatic heterocycles. The lowest BCUT2D eigenvalue weighted by molar-refractivity contribution is -0.0955. The fourth-order valence-electron chi connectivity index (χ4n) is 3.61. The van der Waals surface area contributed by atoms with Crippen molar-refractivity contribution in [3.8, 4) is 0 Å². The van der Waals surface area contributed by atoms with Crippen molar-refractivity contribution in [1.29, 1.82) is 0 Å². The first-order valence-corrected chi connectivity index (χ1v) is 7.37. The van der Waals surface area contributed by atoms with Crippen LogP contribution in [0.4, 0.5) is 0 Å². The molecule has 1 aliphatic rings. The number of aliphatic hydroxyl groups excluding tert-OH is 1. The number of likely N-dealkylation sites (tertiary alicyclic amines) is 1. The van der Waals surface area contributed by atoms with E-state index < -0.39 is 0 Å². The first-order chi connectivity index (χ1) is 8.87. The molecule has 1 fully saturated rings. The normalized spacial score (nSPS) is 31.3. The number of hydrogen-bond donors (Lipinski definition) is 1. The molecule has 2 atom stereocenters. The summed E-state index contributed by atoms with van der Waals surface area (Å²) in [5.41, 5.74) is 1.47. The van der Waals surface area contributed by atoms with Crippen LogP contribution in [0.5, 0.6) is 0 Å². The Hall–Kier alpha value is -0.860. The molecule has 0 aromatic heterocycles. The monoisotopic (exact) mass is 261 g/mol. The largest absolute Gasteiger partial charge is 0.393 e. The summed E-state index contributed by atoms with van der Waals surface area (Å²) in [6.45, 7) is 10.00. The first-order valence-electron chi connectivity index (χ1n) is 7.37. The Kier molecular flexibility index (Phi) is 4.03. The van der Waals surface area contributed by atoms with Gasteiger partial charge in [-0.2, -0.15) is 0 Å². The molecule has 2 rings (SSSR count). The first kappa shape index (κ1) is 14.5. The van der Waals surface area contributed by atoms with Crippen LogP contribution >= 0.6 is 0 Å². The lowest BCUT2D eigenvalue weighted by Gasteiger charge is -2.55. The molecular formula is C17H27NO. The van der Waals surface area contributed by atoms with Crippen molar-refractivity contribution in [2.75, 3.05) is 0 Å². The Bertz CT molecular complexity index is 415. The van der Waals surface area contributed by atoms with Crippen LogP contribution in [0, 0.1) is 0 Å². The van der Waals surface area contributed by atoms with Crippen molar-refractivity contribution < 1.29 is 5.11 Å². The maximum atomic E-state index is 10.2. The topological polar surface area (TPSA) is 23.5 Å². The van der Waals surface area contributed by atoms with Crippen molar-refractivity contribution in [2.45, 2.75) is 70.7 Å². The van der Waals surface area contributed by atoms with Gasteiger partial charge in [-0.3, -0.25) is 4.90 Å². The standard InChI is InChI=1S/C17H27NO/c1-5-17(4)12-15(19)11-16(2,3)18(17)13-14-9-7-6-8-10-14/h6-10,15,19H,5,11-13H2,1-4H3. The fourth-order valence-corrected chi connectivity index (χ4v) is 3.61. The van der Waals surface area contributed by atoms with Crippen LogP contribution in [0.25, 0.3) is 0 Å². The Labute approximate surface area is 117 Å². The summed E-state index contributed by atoms with van der Waals surface area (Å²) in [6.07, 6.45) is 2.63. The van der Waals surface area contributed by atoms with Gasteiger partial charge in [-0.1, -0.05) is 37.3 Å². The third-order valence-corrected chi connectivity index (χ3v) is 4.74. The summed E-state index contributed by atoms with van der Waals surface area (Å²) in [6, 6.07) is 10.6. The van der Waals surface area contributed by atoms with Crippen molar-refractivity contribution in [3.05, 3.63) is 35.9 Å². The molecule has 2 unspecified atom stereocenters. The summed E-state index contributed by atoms with van der Waals surface area (Å²) in [4.78, 5) is 2.59. The van der Waals surface area contributed by atoms with Gasteiger partial charge in [0.1, 0.15) is 0 Å². The van der Waals surface area contributed by atoms with Crippen LogP contribution in [-0.4, -0.2) is 27.2 Å². The van der Waals surface area contributed by atoms with Gasteiger partial charge < -0.3 is 5.11 Å². The minimum absolute atomic E-state index is 0.0399. The molecule has 0 aliphatic carbocycles. The zero-order valence-electron chi connectivity index (χ0n) is 12.7. The third kappa shape index (κ3) is 3.01. The van der Waals surface area contributed by atoms with Crippen molar-refractivity contribution >= 4 is 0 Å². The molecule has 1 saturated heterocycles. The zero-order valence-corrected chi connectivity index (χ0v) is 12.7. The van der Waals surface area contributed by atoms with E-state index in [1.807, 2.05) is 0 Å². The number of piperidine rings is 1. The summed E-state index contributed by atoms with van der Waals surface area (Å²) in [7, 11) is 0. The summed E-state index contributed by atoms with van der Waals surface area (Å²) in [5, 5.41) is 10.2. The molecule has 1 aromatic carbocycles. The van der Waals surface area contributed by atoms with E-state index in [1.165, 1.54) is 5.56 Å². The van der Waals surface area contributed by atoms with Crippen molar-refractivity contribution in [1.82, 2.24) is 4.90 Å². The second-order valence-corrected chi connectivity index (χ2v) is 6.80. The Balaban J connectivity index is 2.28. The molecule has 1 N–H and O–H groups in total. The number of rotatable bonds is 3. The van der Waals surface area contributed by atoms with E-state index in [9.17, 15) is 5.11 Å². The second-order valence-electron chi connectivity index (χ2n) is 6.80. The Morgan fingerprint density at radius 2 is 1.79 bits per heavy atom. The molecule has 0 spiro atoms. The molecule has 2 nitrogen and oxygen atoms in total. The summed E-state index contributed by atoms with van der Waals surface area (Å²) >= 11 is 0. The van der Waals surface area contributed by atoms with Crippen LogP contribution in [0.1, 0.15) is 52.5 Å². The molecule has 0 saturated carbocycles. The quantitative estimate of drug-likeness (QED) is 0.899. The number of benzene rings is 1. The highest BCUT2D eigenvalue weighted by Crippen LogP contribution is 2.41. The summed E-state index contributed by atoms with van der Waals surface area (Å²) in [5.74, 6) is 0. The van der Waals surface area contributed by atoms with Gasteiger partial charge in [0.05, 0.1) is 6.10 Å². The predicted molar refractivity (Wildman–Crippen MR) is 80.0 cm³/mol. The molecule has 0 amide bonds. The minimum Gasteiger partial charge on any atom is -0.393 e. The SMILES string of the molecule is CCC1(C)CC(O)CC(C)(C)N1Cc1ccccc1. The number of hydrogen-bond acceptors (Lipinski definition) is 2. The van der Waals surface area contributed by atoms with Crippen LogP contribution in [0.2, 0.25) is 0 Å². The van der Waals surface area contributed by atoms with Gasteiger partial charge in [0.25, 0.3) is 0 Å². The highest BCUT2D eigenvalue weighted by Gasteiger charge is 2.46. The Morgan fingerprint density at radius 1 is 1.16 bits per heavy atom. The molecular weight excluding hydrogens is 234 g/mol. The summed E-state index contributed by atoms with van der Waals surface area (Å²) < 4.78 is 0. The second kappa shape index (κ2) is 5.26. The van der Waals surface area contributed by atoms with Gasteiger partial charge in [0.2, 0.25) is 0 Å². The van der Waals surface area contributed by atoms with E-state index in [-0.39, 0.29) is 17.2 Å². The smallest absolute Gasteiger partial charge is 0.0575 e. The highest BCUT2D eigenvalue weighted by atomic mass is 16.3. The third-order valence-electron chi connectivity index (χ3n) is 4.74. The van der Waals surface area contributed by atoms with E-state index in [0.717, 1.165) is 25.8 Å². The van der Waals surface area contributed by atoms with Gasteiger partial charge in [-0.05, 0) is 45.6 Å². The number of aliphatic hydroxyl groups is 1. The van der Waals surface area contributed by atoms with Crippen LogP contribution in [0.15, 0.2) is 30.3 Å². The average molecular weight is 261 g/mol. The van der Waals surface area contributed by atoms with Gasteiger partial charge >= 0.3 is 0 Å². The minimum atomic E-state index is -0.174. The predicted octanol–water partition coefficient (Wildman–Crippen LogP) is 3.59. The van der Waals surface area contributed by atoms with E-state index >= 15 is 0 Å².